The summed E-state index contributed by atoms with van der Waals surface area (Å²) in [5.74, 6) is -2.22. The maximum absolute atomic E-state index is 10.9. The fourth-order valence-corrected chi connectivity index (χ4v) is 0.656. The molecule has 0 aliphatic heterocycles. The normalized spacial score (nSPS) is 11.9. The molecule has 90 valence electrons. The van der Waals surface area contributed by atoms with Crippen molar-refractivity contribution in [3.63, 3.8) is 0 Å². The van der Waals surface area contributed by atoms with Crippen LogP contribution in [0.4, 0.5) is 0 Å². The lowest BCUT2D eigenvalue weighted by molar-refractivity contribution is -0.145. The standard InChI is InChI=1S/C9H13NO6/c1-10-9(14)6(11)5-16-8(13)4-3-7(12)15-2/h3-4,6,11H,5H2,1-2H3,(H,10,14)/b4-3+. The average molecular weight is 231 g/mol. The van der Waals surface area contributed by atoms with E-state index in [0.717, 1.165) is 19.3 Å². The van der Waals surface area contributed by atoms with E-state index in [9.17, 15) is 14.4 Å². The zero-order valence-corrected chi connectivity index (χ0v) is 8.93. The van der Waals surface area contributed by atoms with Crippen LogP contribution >= 0.6 is 0 Å². The average Bonchev–Trinajstić information content (AvgIpc) is 2.31. The van der Waals surface area contributed by atoms with Crippen LogP contribution in [-0.4, -0.2) is 49.8 Å². The molecule has 0 saturated carbocycles. The molecule has 2 N–H and O–H groups in total. The number of amides is 1. The molecule has 0 aromatic heterocycles. The highest BCUT2D eigenvalue weighted by molar-refractivity contribution is 5.91. The molecule has 0 radical (unpaired) electrons. The van der Waals surface area contributed by atoms with Crippen molar-refractivity contribution < 1.29 is 29.0 Å². The van der Waals surface area contributed by atoms with Crippen molar-refractivity contribution in [1.82, 2.24) is 5.32 Å². The summed E-state index contributed by atoms with van der Waals surface area (Å²) in [4.78, 5) is 32.3. The van der Waals surface area contributed by atoms with Gasteiger partial charge >= 0.3 is 11.9 Å². The van der Waals surface area contributed by atoms with Gasteiger partial charge in [0.05, 0.1) is 7.11 Å². The van der Waals surface area contributed by atoms with Crippen molar-refractivity contribution in [3.05, 3.63) is 12.2 Å². The van der Waals surface area contributed by atoms with E-state index in [1.807, 2.05) is 0 Å². The highest BCUT2D eigenvalue weighted by Crippen LogP contribution is 1.89. The molecule has 0 saturated heterocycles. The van der Waals surface area contributed by atoms with Gasteiger partial charge in [-0.1, -0.05) is 0 Å². The number of esters is 2. The molecular weight excluding hydrogens is 218 g/mol. The van der Waals surface area contributed by atoms with Gasteiger partial charge in [-0.2, -0.15) is 0 Å². The first-order chi connectivity index (χ1) is 7.51. The number of hydrogen-bond donors (Lipinski definition) is 2. The number of aliphatic hydroxyl groups excluding tert-OH is 1. The number of carbonyl (C=O) groups excluding carboxylic acids is 3. The third-order valence-corrected chi connectivity index (χ3v) is 1.49. The van der Waals surface area contributed by atoms with Crippen LogP contribution in [0.25, 0.3) is 0 Å². The van der Waals surface area contributed by atoms with Gasteiger partial charge < -0.3 is 19.9 Å². The molecule has 0 heterocycles. The van der Waals surface area contributed by atoms with E-state index in [-0.39, 0.29) is 0 Å². The van der Waals surface area contributed by atoms with Crippen molar-refractivity contribution in [2.45, 2.75) is 6.10 Å². The molecule has 0 aromatic rings. The van der Waals surface area contributed by atoms with Crippen LogP contribution < -0.4 is 5.32 Å². The molecule has 1 amide bonds. The summed E-state index contributed by atoms with van der Waals surface area (Å²) < 4.78 is 8.71. The number of likely N-dealkylation sites (N-methyl/N-ethyl adjacent to an activating group) is 1. The first kappa shape index (κ1) is 14.1. The molecule has 0 aliphatic carbocycles. The zero-order valence-electron chi connectivity index (χ0n) is 8.93. The molecule has 0 spiro atoms. The van der Waals surface area contributed by atoms with Gasteiger partial charge in [-0.3, -0.25) is 4.79 Å². The van der Waals surface area contributed by atoms with Crippen molar-refractivity contribution in [2.24, 2.45) is 0 Å². The summed E-state index contributed by atoms with van der Waals surface area (Å²) >= 11 is 0. The number of carbonyl (C=O) groups is 3. The molecule has 1 atom stereocenters. The Bertz CT molecular complexity index is 298. The summed E-state index contributed by atoms with van der Waals surface area (Å²) in [5, 5.41) is 11.3. The Morgan fingerprint density at radius 2 is 1.88 bits per heavy atom. The van der Waals surface area contributed by atoms with E-state index in [4.69, 9.17) is 5.11 Å². The summed E-state index contributed by atoms with van der Waals surface area (Å²) in [5.41, 5.74) is 0. The van der Waals surface area contributed by atoms with E-state index in [0.29, 0.717) is 0 Å². The molecule has 0 fully saturated rings. The summed E-state index contributed by atoms with van der Waals surface area (Å²) in [6, 6.07) is 0. The second-order valence-electron chi connectivity index (χ2n) is 2.62. The Kier molecular flexibility index (Phi) is 6.53. The number of rotatable bonds is 5. The molecule has 0 aliphatic rings. The lowest BCUT2D eigenvalue weighted by Crippen LogP contribution is -2.35. The van der Waals surface area contributed by atoms with Crippen LogP contribution in [0.15, 0.2) is 12.2 Å². The largest absolute Gasteiger partial charge is 0.466 e. The predicted molar refractivity (Wildman–Crippen MR) is 52.2 cm³/mol. The van der Waals surface area contributed by atoms with Crippen molar-refractivity contribution in [1.29, 1.82) is 0 Å². The Morgan fingerprint density at radius 1 is 1.31 bits per heavy atom. The Labute approximate surface area is 92.0 Å². The molecule has 16 heavy (non-hydrogen) atoms. The monoisotopic (exact) mass is 231 g/mol. The first-order valence-corrected chi connectivity index (χ1v) is 4.33. The zero-order chi connectivity index (χ0) is 12.6. The quantitative estimate of drug-likeness (QED) is 0.435. The van der Waals surface area contributed by atoms with Gasteiger partial charge in [0, 0.05) is 19.2 Å². The van der Waals surface area contributed by atoms with Gasteiger partial charge in [0.2, 0.25) is 0 Å². The van der Waals surface area contributed by atoms with Gasteiger partial charge in [0.1, 0.15) is 6.61 Å². The highest BCUT2D eigenvalue weighted by atomic mass is 16.5. The summed E-state index contributed by atoms with van der Waals surface area (Å²) in [6.07, 6.45) is 0.275. The topological polar surface area (TPSA) is 102 Å². The lowest BCUT2D eigenvalue weighted by atomic mass is 10.3. The molecule has 7 nitrogen and oxygen atoms in total. The number of nitrogens with one attached hydrogen (secondary N) is 1. The van der Waals surface area contributed by atoms with Gasteiger partial charge in [0.15, 0.2) is 6.10 Å². The molecule has 1 unspecified atom stereocenters. The minimum Gasteiger partial charge on any atom is -0.466 e. The Hall–Kier alpha value is -1.89. The van der Waals surface area contributed by atoms with Crippen LogP contribution in [0.2, 0.25) is 0 Å². The van der Waals surface area contributed by atoms with Gasteiger partial charge in [-0.25, -0.2) is 9.59 Å². The second-order valence-corrected chi connectivity index (χ2v) is 2.62. The van der Waals surface area contributed by atoms with E-state index < -0.39 is 30.6 Å². The Balaban J connectivity index is 3.94. The minimum atomic E-state index is -1.43. The lowest BCUT2D eigenvalue weighted by Gasteiger charge is -2.08. The third-order valence-electron chi connectivity index (χ3n) is 1.49. The fourth-order valence-electron chi connectivity index (χ4n) is 0.656. The summed E-state index contributed by atoms with van der Waals surface area (Å²) in [6.45, 7) is -0.482. The minimum absolute atomic E-state index is 0.482. The first-order valence-electron chi connectivity index (χ1n) is 4.33. The van der Waals surface area contributed by atoms with Crippen LogP contribution in [0.3, 0.4) is 0 Å². The van der Waals surface area contributed by atoms with Gasteiger partial charge in [-0.15, -0.1) is 0 Å². The maximum Gasteiger partial charge on any atom is 0.331 e. The summed E-state index contributed by atoms with van der Waals surface area (Å²) in [7, 11) is 2.50. The molecule has 0 rings (SSSR count). The van der Waals surface area contributed by atoms with Crippen molar-refractivity contribution >= 4 is 17.8 Å². The number of aliphatic hydroxyl groups is 1. The SMILES string of the molecule is CNC(=O)C(O)COC(=O)/C=C/C(=O)OC. The van der Waals surface area contributed by atoms with E-state index in [2.05, 4.69) is 14.8 Å². The molecule has 7 heteroatoms. The van der Waals surface area contributed by atoms with Gasteiger partial charge in [0.25, 0.3) is 5.91 Å². The van der Waals surface area contributed by atoms with Crippen molar-refractivity contribution in [2.75, 3.05) is 20.8 Å². The van der Waals surface area contributed by atoms with Crippen LogP contribution in [0, 0.1) is 0 Å². The molecular formula is C9H13NO6. The Morgan fingerprint density at radius 3 is 2.38 bits per heavy atom. The van der Waals surface area contributed by atoms with Gasteiger partial charge in [-0.05, 0) is 0 Å². The third kappa shape index (κ3) is 5.76. The molecule has 0 aromatic carbocycles. The number of methoxy groups -OCH3 is 1. The van der Waals surface area contributed by atoms with Crippen LogP contribution in [0.5, 0.6) is 0 Å². The van der Waals surface area contributed by atoms with Crippen LogP contribution in [0.1, 0.15) is 0 Å². The maximum atomic E-state index is 10.9. The van der Waals surface area contributed by atoms with E-state index in [1.54, 1.807) is 0 Å². The predicted octanol–water partition coefficient (Wildman–Crippen LogP) is -1.63. The second kappa shape index (κ2) is 7.41. The highest BCUT2D eigenvalue weighted by Gasteiger charge is 2.14. The fraction of sp³-hybridized carbons (Fsp3) is 0.444. The van der Waals surface area contributed by atoms with Crippen LogP contribution in [-0.2, 0) is 23.9 Å². The van der Waals surface area contributed by atoms with Crippen molar-refractivity contribution in [3.8, 4) is 0 Å². The van der Waals surface area contributed by atoms with E-state index in [1.165, 1.54) is 7.05 Å². The smallest absolute Gasteiger partial charge is 0.331 e. The number of hydrogen-bond acceptors (Lipinski definition) is 6. The number of ether oxygens (including phenoxy) is 2. The van der Waals surface area contributed by atoms with E-state index >= 15 is 0 Å². The molecule has 0 bridgehead atoms.